The Bertz CT molecular complexity index is 1140. The summed E-state index contributed by atoms with van der Waals surface area (Å²) < 4.78 is 13.0. The van der Waals surface area contributed by atoms with Crippen molar-refractivity contribution in [1.82, 2.24) is 0 Å². The third kappa shape index (κ3) is 4.66. The minimum absolute atomic E-state index is 0.249. The summed E-state index contributed by atoms with van der Waals surface area (Å²) in [5.41, 5.74) is 2.84. The second kappa shape index (κ2) is 8.76. The van der Waals surface area contributed by atoms with Gasteiger partial charge in [0.2, 0.25) is 5.90 Å². The van der Waals surface area contributed by atoms with Gasteiger partial charge in [-0.05, 0) is 57.9 Å². The first-order chi connectivity index (χ1) is 14.1. The summed E-state index contributed by atoms with van der Waals surface area (Å²) in [6, 6.07) is 22.9. The second-order valence-electron chi connectivity index (χ2n) is 6.27. The number of esters is 1. The van der Waals surface area contributed by atoms with E-state index < -0.39 is 5.97 Å². The Labute approximate surface area is 185 Å². The van der Waals surface area contributed by atoms with Crippen molar-refractivity contribution in [2.24, 2.45) is 4.99 Å². The molecule has 1 aliphatic heterocycles. The maximum Gasteiger partial charge on any atom is 0.363 e. The summed E-state index contributed by atoms with van der Waals surface area (Å²) in [6.45, 7) is 0.438. The Kier molecular flexibility index (Phi) is 5.92. The average molecular weight is 513 g/mol. The van der Waals surface area contributed by atoms with Crippen molar-refractivity contribution in [3.63, 3.8) is 0 Å². The van der Waals surface area contributed by atoms with Crippen molar-refractivity contribution >= 4 is 49.8 Å². The van der Waals surface area contributed by atoms with Crippen LogP contribution in [0.15, 0.2) is 92.4 Å². The molecule has 0 aliphatic carbocycles. The first-order valence-electron chi connectivity index (χ1n) is 8.84. The standard InChI is InChI=1S/C23H15Br2NO3/c24-19-10-3-1-7-16(19)14-28-17-8-5-6-15(12-17)13-21-23(27)29-22(26-21)18-9-2-4-11-20(18)25/h1-13H,14H2/b21-13-. The molecule has 3 aromatic rings. The van der Waals surface area contributed by atoms with Crippen molar-refractivity contribution in [3.05, 3.63) is 104 Å². The third-order valence-electron chi connectivity index (χ3n) is 4.24. The predicted octanol–water partition coefficient (Wildman–Crippen LogP) is 6.14. The zero-order valence-corrected chi connectivity index (χ0v) is 18.3. The molecule has 1 aliphatic rings. The second-order valence-corrected chi connectivity index (χ2v) is 7.98. The molecule has 4 nitrogen and oxygen atoms in total. The van der Waals surface area contributed by atoms with E-state index >= 15 is 0 Å². The van der Waals surface area contributed by atoms with Crippen molar-refractivity contribution < 1.29 is 14.3 Å². The van der Waals surface area contributed by atoms with Gasteiger partial charge in [-0.3, -0.25) is 0 Å². The summed E-state index contributed by atoms with van der Waals surface area (Å²) >= 11 is 6.97. The summed E-state index contributed by atoms with van der Waals surface area (Å²) in [6.07, 6.45) is 1.69. The van der Waals surface area contributed by atoms with Crippen molar-refractivity contribution in [2.75, 3.05) is 0 Å². The molecule has 0 saturated heterocycles. The molecule has 0 atom stereocenters. The number of nitrogens with zero attached hydrogens (tertiary/aromatic N) is 1. The molecule has 0 unspecified atom stereocenters. The van der Waals surface area contributed by atoms with Crippen molar-refractivity contribution in [1.29, 1.82) is 0 Å². The highest BCUT2D eigenvalue weighted by atomic mass is 79.9. The lowest BCUT2D eigenvalue weighted by atomic mass is 10.2. The summed E-state index contributed by atoms with van der Waals surface area (Å²) in [5, 5.41) is 0. The minimum atomic E-state index is -0.477. The van der Waals surface area contributed by atoms with Crippen LogP contribution in [0.5, 0.6) is 5.75 Å². The van der Waals surface area contributed by atoms with E-state index in [-0.39, 0.29) is 11.6 Å². The van der Waals surface area contributed by atoms with Crippen LogP contribution in [-0.2, 0) is 16.1 Å². The molecule has 0 bridgehead atoms. The van der Waals surface area contributed by atoms with E-state index in [0.29, 0.717) is 12.4 Å². The van der Waals surface area contributed by atoms with Gasteiger partial charge < -0.3 is 9.47 Å². The fourth-order valence-corrected chi connectivity index (χ4v) is 3.64. The molecule has 0 saturated carbocycles. The lowest BCUT2D eigenvalue weighted by Crippen LogP contribution is -2.05. The van der Waals surface area contributed by atoms with Gasteiger partial charge in [0.05, 0.1) is 5.56 Å². The van der Waals surface area contributed by atoms with Gasteiger partial charge in [-0.25, -0.2) is 9.79 Å². The number of ether oxygens (including phenoxy) is 2. The van der Waals surface area contributed by atoms with Gasteiger partial charge in [0.15, 0.2) is 5.70 Å². The zero-order valence-electron chi connectivity index (χ0n) is 15.1. The van der Waals surface area contributed by atoms with Gasteiger partial charge in [0.1, 0.15) is 12.4 Å². The summed E-state index contributed by atoms with van der Waals surface area (Å²) in [5.74, 6) is 0.516. The number of hydrogen-bond acceptors (Lipinski definition) is 4. The molecule has 29 heavy (non-hydrogen) atoms. The molecule has 3 aromatic carbocycles. The maximum absolute atomic E-state index is 12.2. The fraction of sp³-hybridized carbons (Fsp3) is 0.0435. The fourth-order valence-electron chi connectivity index (χ4n) is 2.79. The van der Waals surface area contributed by atoms with Crippen molar-refractivity contribution in [2.45, 2.75) is 6.61 Å². The quantitative estimate of drug-likeness (QED) is 0.305. The number of halogens is 2. The zero-order chi connectivity index (χ0) is 20.2. The van der Waals surface area contributed by atoms with Crippen LogP contribution in [0.2, 0.25) is 0 Å². The summed E-state index contributed by atoms with van der Waals surface area (Å²) in [4.78, 5) is 16.6. The van der Waals surface area contributed by atoms with E-state index in [1.54, 1.807) is 6.08 Å². The molecule has 0 aromatic heterocycles. The van der Waals surface area contributed by atoms with E-state index in [2.05, 4.69) is 36.9 Å². The highest BCUT2D eigenvalue weighted by molar-refractivity contribution is 9.10. The molecule has 0 spiro atoms. The first kappa shape index (κ1) is 19.6. The molecular weight excluding hydrogens is 498 g/mol. The van der Waals surface area contributed by atoms with E-state index in [1.165, 1.54) is 0 Å². The normalized spacial score (nSPS) is 14.6. The number of carbonyl (C=O) groups is 1. The number of cyclic esters (lactones) is 1. The number of aliphatic imine (C=N–C) groups is 1. The van der Waals surface area contributed by atoms with Crippen LogP contribution >= 0.6 is 31.9 Å². The largest absolute Gasteiger partial charge is 0.489 e. The Morgan fingerprint density at radius 3 is 2.48 bits per heavy atom. The van der Waals surface area contributed by atoms with Gasteiger partial charge in [0, 0.05) is 14.5 Å². The Balaban J connectivity index is 1.54. The van der Waals surface area contributed by atoms with E-state index in [4.69, 9.17) is 9.47 Å². The van der Waals surface area contributed by atoms with Crippen LogP contribution in [0.4, 0.5) is 0 Å². The van der Waals surface area contributed by atoms with Gasteiger partial charge in [-0.15, -0.1) is 0 Å². The van der Waals surface area contributed by atoms with E-state index in [9.17, 15) is 4.79 Å². The van der Waals surface area contributed by atoms with Gasteiger partial charge in [-0.1, -0.05) is 58.4 Å². The van der Waals surface area contributed by atoms with Crippen LogP contribution in [0.3, 0.4) is 0 Å². The number of hydrogen-bond donors (Lipinski definition) is 0. The lowest BCUT2D eigenvalue weighted by molar-refractivity contribution is -0.129. The van der Waals surface area contributed by atoms with E-state index in [0.717, 1.165) is 25.6 Å². The molecule has 0 amide bonds. The Morgan fingerprint density at radius 2 is 1.69 bits per heavy atom. The van der Waals surface area contributed by atoms with Crippen LogP contribution in [0.1, 0.15) is 16.7 Å². The smallest absolute Gasteiger partial charge is 0.363 e. The molecule has 0 fully saturated rings. The topological polar surface area (TPSA) is 47.9 Å². The highest BCUT2D eigenvalue weighted by Gasteiger charge is 2.25. The number of benzene rings is 3. The maximum atomic E-state index is 12.2. The van der Waals surface area contributed by atoms with Gasteiger partial charge in [-0.2, -0.15) is 0 Å². The monoisotopic (exact) mass is 511 g/mol. The molecule has 0 N–H and O–H groups in total. The first-order valence-corrected chi connectivity index (χ1v) is 10.4. The Morgan fingerprint density at radius 1 is 0.931 bits per heavy atom. The predicted molar refractivity (Wildman–Crippen MR) is 120 cm³/mol. The molecule has 4 rings (SSSR count). The molecule has 1 heterocycles. The minimum Gasteiger partial charge on any atom is -0.489 e. The SMILES string of the molecule is O=C1OC(c2ccccc2Br)=N/C1=C\c1cccc(OCc2ccccc2Br)c1. The molecular formula is C23H15Br2NO3. The third-order valence-corrected chi connectivity index (χ3v) is 5.70. The molecule has 6 heteroatoms. The Hall–Kier alpha value is -2.70. The van der Waals surface area contributed by atoms with Crippen molar-refractivity contribution in [3.8, 4) is 5.75 Å². The number of rotatable bonds is 5. The number of carbonyl (C=O) groups excluding carboxylic acids is 1. The summed E-state index contributed by atoms with van der Waals surface area (Å²) in [7, 11) is 0. The van der Waals surface area contributed by atoms with Gasteiger partial charge in [0.25, 0.3) is 0 Å². The van der Waals surface area contributed by atoms with Crippen LogP contribution in [-0.4, -0.2) is 11.9 Å². The lowest BCUT2D eigenvalue weighted by Gasteiger charge is -2.08. The van der Waals surface area contributed by atoms with Gasteiger partial charge >= 0.3 is 5.97 Å². The molecule has 0 radical (unpaired) electrons. The average Bonchev–Trinajstić information content (AvgIpc) is 3.08. The van der Waals surface area contributed by atoms with Crippen LogP contribution in [0, 0.1) is 0 Å². The van der Waals surface area contributed by atoms with E-state index in [1.807, 2.05) is 72.8 Å². The highest BCUT2D eigenvalue weighted by Crippen LogP contribution is 2.25. The van der Waals surface area contributed by atoms with Crippen LogP contribution < -0.4 is 4.74 Å². The molecule has 144 valence electrons. The van der Waals surface area contributed by atoms with Crippen LogP contribution in [0.25, 0.3) is 6.08 Å².